The molecule has 1 aromatic carbocycles. The van der Waals surface area contributed by atoms with Gasteiger partial charge < -0.3 is 15.4 Å². The molecule has 0 aliphatic rings. The molecule has 2 N–H and O–H groups in total. The number of carbonyl (C=O) groups excluding carboxylic acids is 1. The number of benzene rings is 1. The summed E-state index contributed by atoms with van der Waals surface area (Å²) in [6, 6.07) is 14.1. The minimum absolute atomic E-state index is 0.247. The van der Waals surface area contributed by atoms with Crippen LogP contribution in [0.25, 0.3) is 0 Å². The van der Waals surface area contributed by atoms with Crippen molar-refractivity contribution in [1.29, 1.82) is 0 Å². The average molecular weight is 403 g/mol. The molecule has 0 radical (unpaired) electrons. The highest BCUT2D eigenvalue weighted by molar-refractivity contribution is 6.35. The lowest BCUT2D eigenvalue weighted by atomic mass is 10.2. The van der Waals surface area contributed by atoms with E-state index in [-0.39, 0.29) is 11.8 Å². The molecule has 2 heterocycles. The summed E-state index contributed by atoms with van der Waals surface area (Å²) in [4.78, 5) is 20.7. The fraction of sp³-hybridized carbons (Fsp3) is 0.105. The minimum atomic E-state index is -0.286. The van der Waals surface area contributed by atoms with Gasteiger partial charge in [0.15, 0.2) is 0 Å². The number of hydrogen-bond donors (Lipinski definition) is 2. The zero-order valence-corrected chi connectivity index (χ0v) is 15.7. The number of para-hydroxylation sites is 1. The molecule has 6 nitrogen and oxygen atoms in total. The van der Waals surface area contributed by atoms with Crippen LogP contribution in [0.4, 0.5) is 5.82 Å². The zero-order valence-electron chi connectivity index (χ0n) is 14.2. The molecule has 1 amide bonds. The maximum Gasteiger partial charge on any atom is 0.256 e. The van der Waals surface area contributed by atoms with E-state index in [4.69, 9.17) is 27.9 Å². The lowest BCUT2D eigenvalue weighted by Crippen LogP contribution is -2.29. The Hall–Kier alpha value is -2.83. The number of halogens is 2. The van der Waals surface area contributed by atoms with E-state index >= 15 is 0 Å². The summed E-state index contributed by atoms with van der Waals surface area (Å²) in [6.07, 6.45) is 3.07. The molecule has 2 aromatic heterocycles. The van der Waals surface area contributed by atoms with Crippen LogP contribution in [0.3, 0.4) is 0 Å². The van der Waals surface area contributed by atoms with E-state index in [0.717, 1.165) is 0 Å². The molecule has 0 atom stereocenters. The fourth-order valence-corrected chi connectivity index (χ4v) is 2.69. The highest BCUT2D eigenvalue weighted by Crippen LogP contribution is 2.23. The fourth-order valence-electron chi connectivity index (χ4n) is 2.24. The molecule has 138 valence electrons. The largest absolute Gasteiger partial charge is 0.438 e. The quantitative estimate of drug-likeness (QED) is 0.572. The molecular weight excluding hydrogens is 387 g/mol. The van der Waals surface area contributed by atoms with Crippen LogP contribution >= 0.6 is 23.2 Å². The van der Waals surface area contributed by atoms with Crippen molar-refractivity contribution in [3.05, 3.63) is 76.5 Å². The summed E-state index contributed by atoms with van der Waals surface area (Å²) in [5.74, 6) is 1.07. The van der Waals surface area contributed by atoms with E-state index in [9.17, 15) is 4.79 Å². The lowest BCUT2D eigenvalue weighted by Gasteiger charge is -2.11. The van der Waals surface area contributed by atoms with E-state index < -0.39 is 0 Å². The van der Waals surface area contributed by atoms with Gasteiger partial charge in [0.25, 0.3) is 5.91 Å². The third kappa shape index (κ3) is 5.32. The lowest BCUT2D eigenvalue weighted by molar-refractivity contribution is 0.0952. The van der Waals surface area contributed by atoms with Crippen molar-refractivity contribution in [3.63, 3.8) is 0 Å². The number of amides is 1. The minimum Gasteiger partial charge on any atom is -0.438 e. The summed E-state index contributed by atoms with van der Waals surface area (Å²) >= 11 is 11.9. The van der Waals surface area contributed by atoms with Crippen molar-refractivity contribution in [1.82, 2.24) is 15.3 Å². The van der Waals surface area contributed by atoms with Gasteiger partial charge in [0.1, 0.15) is 17.1 Å². The summed E-state index contributed by atoms with van der Waals surface area (Å²) in [5, 5.41) is 6.72. The molecule has 3 aromatic rings. The Morgan fingerprint density at radius 2 is 1.85 bits per heavy atom. The number of pyridine rings is 2. The van der Waals surface area contributed by atoms with Gasteiger partial charge in [0.05, 0.1) is 10.0 Å². The van der Waals surface area contributed by atoms with Gasteiger partial charge in [-0.25, -0.2) is 9.97 Å². The average Bonchev–Trinajstić information content (AvgIpc) is 2.67. The number of rotatable bonds is 7. The van der Waals surface area contributed by atoms with Gasteiger partial charge in [-0.1, -0.05) is 41.4 Å². The standard InChI is InChI=1S/C19H16Cl2N4O2/c20-13-11-16(21)17(25-12-13)22-9-10-23-18(26)15-7-4-8-24-19(15)27-14-5-2-1-3-6-14/h1-8,11-12H,9-10H2,(H,22,25)(H,23,26). The molecule has 0 aliphatic carbocycles. The van der Waals surface area contributed by atoms with E-state index in [0.29, 0.717) is 40.3 Å². The monoisotopic (exact) mass is 402 g/mol. The number of anilines is 1. The number of ether oxygens (including phenoxy) is 1. The Kier molecular flexibility index (Phi) is 6.46. The Morgan fingerprint density at radius 3 is 2.63 bits per heavy atom. The number of hydrogen-bond acceptors (Lipinski definition) is 5. The van der Waals surface area contributed by atoms with Gasteiger partial charge in [-0.2, -0.15) is 0 Å². The first kappa shape index (κ1) is 18.9. The van der Waals surface area contributed by atoms with Crippen LogP contribution in [0, 0.1) is 0 Å². The molecule has 27 heavy (non-hydrogen) atoms. The van der Waals surface area contributed by atoms with E-state index in [1.54, 1.807) is 36.5 Å². The first-order valence-electron chi connectivity index (χ1n) is 8.14. The van der Waals surface area contributed by atoms with Crippen molar-refractivity contribution >= 4 is 34.9 Å². The Balaban J connectivity index is 1.56. The Bertz CT molecular complexity index is 923. The second-order valence-electron chi connectivity index (χ2n) is 5.44. The van der Waals surface area contributed by atoms with Crippen molar-refractivity contribution in [3.8, 4) is 11.6 Å². The highest BCUT2D eigenvalue weighted by atomic mass is 35.5. The Morgan fingerprint density at radius 1 is 1.04 bits per heavy atom. The number of carbonyl (C=O) groups is 1. The molecule has 0 fully saturated rings. The molecular formula is C19H16Cl2N4O2. The van der Waals surface area contributed by atoms with E-state index in [1.807, 2.05) is 18.2 Å². The molecule has 0 unspecified atom stereocenters. The van der Waals surface area contributed by atoms with E-state index in [1.165, 1.54) is 6.20 Å². The molecule has 8 heteroatoms. The third-order valence-electron chi connectivity index (χ3n) is 3.48. The van der Waals surface area contributed by atoms with Crippen molar-refractivity contribution in [2.24, 2.45) is 0 Å². The first-order chi connectivity index (χ1) is 13.1. The maximum atomic E-state index is 12.5. The summed E-state index contributed by atoms with van der Waals surface area (Å²) < 4.78 is 5.71. The summed E-state index contributed by atoms with van der Waals surface area (Å²) in [7, 11) is 0. The predicted octanol–water partition coefficient (Wildman–Crippen LogP) is 4.42. The second-order valence-corrected chi connectivity index (χ2v) is 6.28. The SMILES string of the molecule is O=C(NCCNc1ncc(Cl)cc1Cl)c1cccnc1Oc1ccccc1. The van der Waals surface area contributed by atoms with Gasteiger partial charge in [-0.3, -0.25) is 4.79 Å². The van der Waals surface area contributed by atoms with Crippen LogP contribution in [-0.4, -0.2) is 29.0 Å². The van der Waals surface area contributed by atoms with Crippen LogP contribution in [0.2, 0.25) is 10.0 Å². The van der Waals surface area contributed by atoms with Gasteiger partial charge in [0, 0.05) is 25.5 Å². The molecule has 0 aliphatic heterocycles. The van der Waals surface area contributed by atoms with Crippen LogP contribution < -0.4 is 15.4 Å². The van der Waals surface area contributed by atoms with Crippen molar-refractivity contribution in [2.75, 3.05) is 18.4 Å². The van der Waals surface area contributed by atoms with Crippen LogP contribution in [0.15, 0.2) is 60.9 Å². The van der Waals surface area contributed by atoms with Gasteiger partial charge in [0.2, 0.25) is 5.88 Å². The molecule has 3 rings (SSSR count). The molecule has 0 spiro atoms. The first-order valence-corrected chi connectivity index (χ1v) is 8.90. The number of nitrogens with one attached hydrogen (secondary N) is 2. The van der Waals surface area contributed by atoms with Gasteiger partial charge >= 0.3 is 0 Å². The zero-order chi connectivity index (χ0) is 19.1. The molecule has 0 saturated heterocycles. The van der Waals surface area contributed by atoms with Crippen LogP contribution in [-0.2, 0) is 0 Å². The Labute approximate surface area is 166 Å². The molecule has 0 saturated carbocycles. The van der Waals surface area contributed by atoms with Crippen molar-refractivity contribution in [2.45, 2.75) is 0 Å². The normalized spacial score (nSPS) is 10.3. The van der Waals surface area contributed by atoms with Crippen LogP contribution in [0.5, 0.6) is 11.6 Å². The summed E-state index contributed by atoms with van der Waals surface area (Å²) in [6.45, 7) is 0.800. The smallest absolute Gasteiger partial charge is 0.256 e. The third-order valence-corrected chi connectivity index (χ3v) is 3.98. The second kappa shape index (κ2) is 9.21. The van der Waals surface area contributed by atoms with Crippen LogP contribution in [0.1, 0.15) is 10.4 Å². The maximum absolute atomic E-state index is 12.5. The molecule has 0 bridgehead atoms. The number of aromatic nitrogens is 2. The van der Waals surface area contributed by atoms with Gasteiger partial charge in [-0.15, -0.1) is 0 Å². The van der Waals surface area contributed by atoms with Crippen molar-refractivity contribution < 1.29 is 9.53 Å². The predicted molar refractivity (Wildman–Crippen MR) is 106 cm³/mol. The number of nitrogens with zero attached hydrogens (tertiary/aromatic N) is 2. The summed E-state index contributed by atoms with van der Waals surface area (Å²) in [5.41, 5.74) is 0.351. The topological polar surface area (TPSA) is 76.1 Å². The highest BCUT2D eigenvalue weighted by Gasteiger charge is 2.14. The van der Waals surface area contributed by atoms with Gasteiger partial charge in [-0.05, 0) is 30.3 Å². The van der Waals surface area contributed by atoms with E-state index in [2.05, 4.69) is 20.6 Å².